The third kappa shape index (κ3) is 3.77. The van der Waals surface area contributed by atoms with Crippen molar-refractivity contribution in [3.8, 4) is 17.2 Å². The lowest BCUT2D eigenvalue weighted by molar-refractivity contribution is 0.127. The molecule has 0 amide bonds. The van der Waals surface area contributed by atoms with Crippen LogP contribution in [0, 0.1) is 0 Å². The first-order valence-electron chi connectivity index (χ1n) is 7.02. The van der Waals surface area contributed by atoms with Crippen LogP contribution in [0.2, 0.25) is 0 Å². The Kier molecular flexibility index (Phi) is 5.49. The normalized spacial score (nSPS) is 14.9. The molecular weight excluding hydrogens is 258 g/mol. The van der Waals surface area contributed by atoms with Gasteiger partial charge >= 0.3 is 0 Å². The molecule has 0 aliphatic carbocycles. The van der Waals surface area contributed by atoms with E-state index in [2.05, 4.69) is 12.2 Å². The molecule has 112 valence electrons. The number of benzene rings is 1. The Morgan fingerprint density at radius 1 is 1.30 bits per heavy atom. The predicted octanol–water partition coefficient (Wildman–Crippen LogP) is 1.98. The molecule has 1 aliphatic rings. The fourth-order valence-electron chi connectivity index (χ4n) is 2.08. The van der Waals surface area contributed by atoms with Crippen LogP contribution in [0.5, 0.6) is 17.2 Å². The quantitative estimate of drug-likeness (QED) is 0.828. The highest BCUT2D eigenvalue weighted by Crippen LogP contribution is 2.40. The van der Waals surface area contributed by atoms with E-state index in [1.54, 1.807) is 7.11 Å². The molecule has 0 radical (unpaired) electrons. The maximum atomic E-state index is 5.62. The second kappa shape index (κ2) is 7.36. The average Bonchev–Trinajstić information content (AvgIpc) is 2.49. The van der Waals surface area contributed by atoms with E-state index in [4.69, 9.17) is 18.9 Å². The Hall–Kier alpha value is -1.46. The molecule has 0 saturated heterocycles. The Bertz CT molecular complexity index is 419. The fraction of sp³-hybridized carbons (Fsp3) is 0.600. The summed E-state index contributed by atoms with van der Waals surface area (Å²) in [5, 5.41) is 3.41. The van der Waals surface area contributed by atoms with Crippen molar-refractivity contribution in [1.82, 2.24) is 5.32 Å². The van der Waals surface area contributed by atoms with Crippen LogP contribution < -0.4 is 19.5 Å². The largest absolute Gasteiger partial charge is 0.493 e. The molecule has 2 rings (SSSR count). The number of hydrogen-bond acceptors (Lipinski definition) is 5. The molecule has 1 N–H and O–H groups in total. The van der Waals surface area contributed by atoms with Crippen molar-refractivity contribution in [2.24, 2.45) is 0 Å². The third-order valence-corrected chi connectivity index (χ3v) is 3.11. The smallest absolute Gasteiger partial charge is 0.203 e. The van der Waals surface area contributed by atoms with Crippen LogP contribution >= 0.6 is 0 Å². The number of nitrogens with one attached hydrogen (secondary N) is 1. The molecular formula is C15H23NO4. The second-order valence-corrected chi connectivity index (χ2v) is 4.76. The van der Waals surface area contributed by atoms with Crippen molar-refractivity contribution >= 4 is 0 Å². The van der Waals surface area contributed by atoms with Crippen LogP contribution in [0.15, 0.2) is 12.1 Å². The Morgan fingerprint density at radius 3 is 2.85 bits per heavy atom. The first kappa shape index (κ1) is 14.9. The van der Waals surface area contributed by atoms with Crippen molar-refractivity contribution in [2.45, 2.75) is 26.4 Å². The summed E-state index contributed by atoms with van der Waals surface area (Å²) in [4.78, 5) is 0. The van der Waals surface area contributed by atoms with Crippen LogP contribution in [0.3, 0.4) is 0 Å². The summed E-state index contributed by atoms with van der Waals surface area (Å²) in [6.45, 7) is 7.42. The highest BCUT2D eigenvalue weighted by atomic mass is 16.6. The third-order valence-electron chi connectivity index (χ3n) is 3.11. The van der Waals surface area contributed by atoms with Crippen LogP contribution in [-0.2, 0) is 11.3 Å². The molecule has 0 aromatic heterocycles. The van der Waals surface area contributed by atoms with Gasteiger partial charge in [0.15, 0.2) is 11.5 Å². The molecule has 0 bridgehead atoms. The standard InChI is InChI=1S/C15H23NO4/c1-4-18-10-11(2)16-9-12-7-13(17-3)15-14(8-12)19-5-6-20-15/h7-8,11,16H,4-6,9-10H2,1-3H3. The fourth-order valence-corrected chi connectivity index (χ4v) is 2.08. The van der Waals surface area contributed by atoms with Gasteiger partial charge in [0.25, 0.3) is 0 Å². The van der Waals surface area contributed by atoms with E-state index < -0.39 is 0 Å². The predicted molar refractivity (Wildman–Crippen MR) is 76.8 cm³/mol. The summed E-state index contributed by atoms with van der Waals surface area (Å²) < 4.78 is 22.0. The molecule has 5 heteroatoms. The Balaban J connectivity index is 2.01. The van der Waals surface area contributed by atoms with Crippen molar-refractivity contribution in [3.05, 3.63) is 17.7 Å². The van der Waals surface area contributed by atoms with Gasteiger partial charge in [0.1, 0.15) is 13.2 Å². The summed E-state index contributed by atoms with van der Waals surface area (Å²) in [6.07, 6.45) is 0. The molecule has 0 saturated carbocycles. The molecule has 1 aromatic rings. The zero-order valence-electron chi connectivity index (χ0n) is 12.4. The number of ether oxygens (including phenoxy) is 4. The minimum absolute atomic E-state index is 0.300. The molecule has 1 atom stereocenters. The number of fused-ring (bicyclic) bond motifs is 1. The first-order valence-corrected chi connectivity index (χ1v) is 7.02. The Morgan fingerprint density at radius 2 is 2.10 bits per heavy atom. The van der Waals surface area contributed by atoms with Gasteiger partial charge in [0.2, 0.25) is 5.75 Å². The minimum Gasteiger partial charge on any atom is -0.493 e. The second-order valence-electron chi connectivity index (χ2n) is 4.76. The van der Waals surface area contributed by atoms with Gasteiger partial charge < -0.3 is 24.3 Å². The molecule has 1 aromatic carbocycles. The van der Waals surface area contributed by atoms with E-state index in [1.807, 2.05) is 19.1 Å². The van der Waals surface area contributed by atoms with E-state index >= 15 is 0 Å². The van der Waals surface area contributed by atoms with Gasteiger partial charge in [-0.3, -0.25) is 0 Å². The van der Waals surface area contributed by atoms with E-state index in [0.29, 0.717) is 31.6 Å². The monoisotopic (exact) mass is 281 g/mol. The topological polar surface area (TPSA) is 49.0 Å². The van der Waals surface area contributed by atoms with Gasteiger partial charge in [0, 0.05) is 19.2 Å². The summed E-state index contributed by atoms with van der Waals surface area (Å²) >= 11 is 0. The van der Waals surface area contributed by atoms with Crippen molar-refractivity contribution < 1.29 is 18.9 Å². The van der Waals surface area contributed by atoms with E-state index in [1.165, 1.54) is 0 Å². The lowest BCUT2D eigenvalue weighted by Crippen LogP contribution is -2.30. The summed E-state index contributed by atoms with van der Waals surface area (Å²) in [5.41, 5.74) is 1.11. The number of methoxy groups -OCH3 is 1. The maximum Gasteiger partial charge on any atom is 0.203 e. The van der Waals surface area contributed by atoms with Crippen molar-refractivity contribution in [2.75, 3.05) is 33.5 Å². The molecule has 0 fully saturated rings. The lowest BCUT2D eigenvalue weighted by Gasteiger charge is -2.22. The summed E-state index contributed by atoms with van der Waals surface area (Å²) in [6, 6.07) is 4.28. The molecule has 1 aliphatic heterocycles. The van der Waals surface area contributed by atoms with Gasteiger partial charge in [-0.25, -0.2) is 0 Å². The van der Waals surface area contributed by atoms with Gasteiger partial charge in [-0.15, -0.1) is 0 Å². The number of hydrogen-bond donors (Lipinski definition) is 1. The van der Waals surface area contributed by atoms with Crippen LogP contribution in [0.25, 0.3) is 0 Å². The molecule has 5 nitrogen and oxygen atoms in total. The van der Waals surface area contributed by atoms with E-state index in [-0.39, 0.29) is 0 Å². The van der Waals surface area contributed by atoms with Gasteiger partial charge in [-0.1, -0.05) is 0 Å². The van der Waals surface area contributed by atoms with Crippen LogP contribution in [0.1, 0.15) is 19.4 Å². The summed E-state index contributed by atoms with van der Waals surface area (Å²) in [5.74, 6) is 2.17. The van der Waals surface area contributed by atoms with Crippen molar-refractivity contribution in [1.29, 1.82) is 0 Å². The molecule has 1 unspecified atom stereocenters. The van der Waals surface area contributed by atoms with Gasteiger partial charge in [-0.2, -0.15) is 0 Å². The van der Waals surface area contributed by atoms with Crippen LogP contribution in [0.4, 0.5) is 0 Å². The number of rotatable bonds is 7. The Labute approximate surface area is 120 Å². The average molecular weight is 281 g/mol. The van der Waals surface area contributed by atoms with Gasteiger partial charge in [-0.05, 0) is 31.5 Å². The highest BCUT2D eigenvalue weighted by Gasteiger charge is 2.18. The lowest BCUT2D eigenvalue weighted by atomic mass is 10.1. The SMILES string of the molecule is CCOCC(C)NCc1cc(OC)c2c(c1)OCCO2. The zero-order valence-corrected chi connectivity index (χ0v) is 12.4. The van der Waals surface area contributed by atoms with E-state index in [0.717, 1.165) is 30.2 Å². The summed E-state index contributed by atoms with van der Waals surface area (Å²) in [7, 11) is 1.64. The zero-order chi connectivity index (χ0) is 14.4. The molecule has 20 heavy (non-hydrogen) atoms. The first-order chi connectivity index (χ1) is 9.74. The molecule has 1 heterocycles. The van der Waals surface area contributed by atoms with Crippen molar-refractivity contribution in [3.63, 3.8) is 0 Å². The highest BCUT2D eigenvalue weighted by molar-refractivity contribution is 5.54. The molecule has 0 spiro atoms. The van der Waals surface area contributed by atoms with Crippen LogP contribution in [-0.4, -0.2) is 39.6 Å². The maximum absolute atomic E-state index is 5.62. The van der Waals surface area contributed by atoms with E-state index in [9.17, 15) is 0 Å². The minimum atomic E-state index is 0.300. The van der Waals surface area contributed by atoms with Gasteiger partial charge in [0.05, 0.1) is 13.7 Å².